The van der Waals surface area contributed by atoms with Crippen LogP contribution >= 0.6 is 23.2 Å². The first kappa shape index (κ1) is 21.9. The minimum atomic E-state index is -1.15. The minimum Gasteiger partial charge on any atom is -0.508 e. The van der Waals surface area contributed by atoms with Gasteiger partial charge in [-0.2, -0.15) is 0 Å². The molecule has 3 aromatic rings. The van der Waals surface area contributed by atoms with E-state index in [0.717, 1.165) is 0 Å². The van der Waals surface area contributed by atoms with Crippen molar-refractivity contribution in [2.45, 2.75) is 12.8 Å². The van der Waals surface area contributed by atoms with Crippen molar-refractivity contribution in [2.75, 3.05) is 6.61 Å². The summed E-state index contributed by atoms with van der Waals surface area (Å²) >= 11 is 12.5. The van der Waals surface area contributed by atoms with Crippen LogP contribution in [0.25, 0.3) is 0 Å². The molecule has 0 spiro atoms. The van der Waals surface area contributed by atoms with Crippen LogP contribution in [0.5, 0.6) is 11.5 Å². The van der Waals surface area contributed by atoms with Crippen molar-refractivity contribution in [1.29, 1.82) is 0 Å². The number of halogens is 4. The number of carboxylic acids is 1. The Labute approximate surface area is 181 Å². The van der Waals surface area contributed by atoms with E-state index in [2.05, 4.69) is 0 Å². The van der Waals surface area contributed by atoms with Gasteiger partial charge in [0.15, 0.2) is 6.61 Å². The second-order valence-corrected chi connectivity index (χ2v) is 7.38. The van der Waals surface area contributed by atoms with Crippen molar-refractivity contribution in [3.05, 3.63) is 92.5 Å². The number of ether oxygens (including phenoxy) is 1. The van der Waals surface area contributed by atoms with Crippen LogP contribution in [0.1, 0.15) is 22.3 Å². The van der Waals surface area contributed by atoms with Gasteiger partial charge in [0.25, 0.3) is 0 Å². The van der Waals surface area contributed by atoms with Gasteiger partial charge in [-0.1, -0.05) is 41.4 Å². The Kier molecular flexibility index (Phi) is 6.80. The lowest BCUT2D eigenvalue weighted by Crippen LogP contribution is -2.09. The SMILES string of the molecule is O=C(O)COc1cc(Cl)c(Cc2ccc(O)c(Cc3ccc(F)cc3)c2F)c(Cl)c1. The molecular formula is C22H16Cl2F2O4. The zero-order chi connectivity index (χ0) is 21.8. The highest BCUT2D eigenvalue weighted by Gasteiger charge is 2.17. The lowest BCUT2D eigenvalue weighted by atomic mass is 9.97. The fourth-order valence-electron chi connectivity index (χ4n) is 2.94. The number of carbonyl (C=O) groups is 1. The smallest absolute Gasteiger partial charge is 0.341 e. The van der Waals surface area contributed by atoms with E-state index >= 15 is 4.39 Å². The molecule has 8 heteroatoms. The summed E-state index contributed by atoms with van der Waals surface area (Å²) in [7, 11) is 0. The zero-order valence-electron chi connectivity index (χ0n) is 15.5. The Morgan fingerprint density at radius 1 is 0.933 bits per heavy atom. The van der Waals surface area contributed by atoms with Crippen molar-refractivity contribution in [3.8, 4) is 11.5 Å². The van der Waals surface area contributed by atoms with Gasteiger partial charge in [-0.15, -0.1) is 0 Å². The van der Waals surface area contributed by atoms with Gasteiger partial charge in [0.2, 0.25) is 0 Å². The van der Waals surface area contributed by atoms with E-state index in [-0.39, 0.29) is 45.5 Å². The van der Waals surface area contributed by atoms with Crippen molar-refractivity contribution in [2.24, 2.45) is 0 Å². The number of aromatic hydroxyl groups is 1. The van der Waals surface area contributed by atoms with Gasteiger partial charge in [0.05, 0.1) is 0 Å². The number of phenolic OH excluding ortho intramolecular Hbond substituents is 1. The summed E-state index contributed by atoms with van der Waals surface area (Å²) in [6.07, 6.45) is 0.120. The number of rotatable bonds is 7. The molecule has 0 heterocycles. The third kappa shape index (κ3) is 5.20. The van der Waals surface area contributed by atoms with E-state index in [0.29, 0.717) is 11.1 Å². The maximum absolute atomic E-state index is 15.1. The van der Waals surface area contributed by atoms with Gasteiger partial charge >= 0.3 is 5.97 Å². The highest BCUT2D eigenvalue weighted by atomic mass is 35.5. The van der Waals surface area contributed by atoms with Crippen LogP contribution in [0, 0.1) is 11.6 Å². The van der Waals surface area contributed by atoms with Crippen LogP contribution < -0.4 is 4.74 Å². The minimum absolute atomic E-state index is 0.0411. The highest BCUT2D eigenvalue weighted by molar-refractivity contribution is 6.36. The van der Waals surface area contributed by atoms with E-state index in [4.69, 9.17) is 33.0 Å². The number of hydrogen-bond donors (Lipinski definition) is 2. The van der Waals surface area contributed by atoms with E-state index in [1.807, 2.05) is 0 Å². The van der Waals surface area contributed by atoms with Gasteiger partial charge in [0.1, 0.15) is 23.1 Å². The third-order valence-corrected chi connectivity index (χ3v) is 5.11. The summed E-state index contributed by atoms with van der Waals surface area (Å²) in [6, 6.07) is 11.2. The molecule has 2 N–H and O–H groups in total. The van der Waals surface area contributed by atoms with Crippen molar-refractivity contribution in [1.82, 2.24) is 0 Å². The Hall–Kier alpha value is -2.83. The van der Waals surface area contributed by atoms with Crippen molar-refractivity contribution in [3.63, 3.8) is 0 Å². The highest BCUT2D eigenvalue weighted by Crippen LogP contribution is 2.34. The fraction of sp³-hybridized carbons (Fsp3) is 0.136. The average molecular weight is 453 g/mol. The maximum Gasteiger partial charge on any atom is 0.341 e. The molecule has 0 saturated heterocycles. The molecule has 0 amide bonds. The first-order chi connectivity index (χ1) is 14.2. The Bertz CT molecular complexity index is 1060. The largest absolute Gasteiger partial charge is 0.508 e. The predicted molar refractivity (Wildman–Crippen MR) is 110 cm³/mol. The number of phenols is 1. The van der Waals surface area contributed by atoms with E-state index in [9.17, 15) is 14.3 Å². The molecule has 0 unspecified atom stereocenters. The molecule has 0 saturated carbocycles. The van der Waals surface area contributed by atoms with Crippen LogP contribution in [0.15, 0.2) is 48.5 Å². The number of carboxylic acid groups (broad SMARTS) is 1. The molecule has 0 bridgehead atoms. The molecule has 0 fully saturated rings. The Morgan fingerprint density at radius 3 is 2.17 bits per heavy atom. The predicted octanol–water partition coefficient (Wildman–Crippen LogP) is 5.62. The van der Waals surface area contributed by atoms with E-state index < -0.39 is 24.2 Å². The Morgan fingerprint density at radius 2 is 1.57 bits per heavy atom. The van der Waals surface area contributed by atoms with Crippen LogP contribution in [0.2, 0.25) is 10.0 Å². The second-order valence-electron chi connectivity index (χ2n) is 6.56. The van der Waals surface area contributed by atoms with Crippen molar-refractivity contribution < 1.29 is 28.5 Å². The molecule has 0 atom stereocenters. The summed E-state index contributed by atoms with van der Waals surface area (Å²) in [5.74, 6) is -2.20. The molecule has 0 aliphatic carbocycles. The number of aliphatic carboxylic acids is 1. The summed E-state index contributed by atoms with van der Waals surface area (Å²) in [5.41, 5.74) is 1.40. The molecule has 0 radical (unpaired) electrons. The zero-order valence-corrected chi connectivity index (χ0v) is 17.0. The molecule has 3 aromatic carbocycles. The molecule has 0 aromatic heterocycles. The summed E-state index contributed by atoms with van der Waals surface area (Å²) in [6.45, 7) is -0.550. The second kappa shape index (κ2) is 9.32. The van der Waals surface area contributed by atoms with Crippen LogP contribution in [0.4, 0.5) is 8.78 Å². The summed E-state index contributed by atoms with van der Waals surface area (Å²) < 4.78 is 33.3. The van der Waals surface area contributed by atoms with Gasteiger partial charge in [-0.05, 0) is 47.0 Å². The van der Waals surface area contributed by atoms with Gasteiger partial charge in [-0.3, -0.25) is 0 Å². The summed E-state index contributed by atoms with van der Waals surface area (Å²) in [4.78, 5) is 10.6. The van der Waals surface area contributed by atoms with Gasteiger partial charge < -0.3 is 14.9 Å². The molecule has 156 valence electrons. The first-order valence-corrected chi connectivity index (χ1v) is 9.56. The normalized spacial score (nSPS) is 10.8. The topological polar surface area (TPSA) is 66.8 Å². The monoisotopic (exact) mass is 452 g/mol. The van der Waals surface area contributed by atoms with Gasteiger partial charge in [0, 0.05) is 28.5 Å². The van der Waals surface area contributed by atoms with Crippen LogP contribution in [-0.4, -0.2) is 22.8 Å². The quantitative estimate of drug-likeness (QED) is 0.487. The Balaban J connectivity index is 1.88. The number of benzene rings is 3. The lowest BCUT2D eigenvalue weighted by molar-refractivity contribution is -0.139. The standard InChI is InChI=1S/C22H16Cl2F2O4/c23-18-9-15(30-11-21(28)29)10-19(24)16(18)8-13-3-6-20(27)17(22(13)26)7-12-1-4-14(25)5-2-12/h1-6,9-10,27H,7-8,11H2,(H,28,29). The average Bonchev–Trinajstić information content (AvgIpc) is 2.69. The molecule has 30 heavy (non-hydrogen) atoms. The fourth-order valence-corrected chi connectivity index (χ4v) is 3.54. The van der Waals surface area contributed by atoms with Crippen LogP contribution in [0.3, 0.4) is 0 Å². The van der Waals surface area contributed by atoms with Crippen molar-refractivity contribution >= 4 is 29.2 Å². The summed E-state index contributed by atoms with van der Waals surface area (Å²) in [5, 5.41) is 19.2. The van der Waals surface area contributed by atoms with Gasteiger partial charge in [-0.25, -0.2) is 13.6 Å². The maximum atomic E-state index is 15.1. The molecule has 4 nitrogen and oxygen atoms in total. The van der Waals surface area contributed by atoms with Crippen LogP contribution in [-0.2, 0) is 17.6 Å². The molecular weight excluding hydrogens is 437 g/mol. The van der Waals surface area contributed by atoms with E-state index in [1.165, 1.54) is 48.5 Å². The molecule has 0 aliphatic rings. The van der Waals surface area contributed by atoms with E-state index in [1.54, 1.807) is 0 Å². The molecule has 0 aliphatic heterocycles. The number of hydrogen-bond acceptors (Lipinski definition) is 3. The first-order valence-electron chi connectivity index (χ1n) is 8.80. The lowest BCUT2D eigenvalue weighted by Gasteiger charge is -2.14. The third-order valence-electron chi connectivity index (χ3n) is 4.44. The molecule has 3 rings (SSSR count).